The quantitative estimate of drug-likeness (QED) is 0.334. The number of piperidine rings is 1. The van der Waals surface area contributed by atoms with E-state index in [1.807, 2.05) is 42.6 Å². The Bertz CT molecular complexity index is 1680. The Hall–Kier alpha value is -4.76. The van der Waals surface area contributed by atoms with Crippen LogP contribution in [-0.2, 0) is 6.54 Å². The topological polar surface area (TPSA) is 101 Å². The number of fused-ring (bicyclic) bond motifs is 1. The highest BCUT2D eigenvalue weighted by Crippen LogP contribution is 2.32. The Labute approximate surface area is 225 Å². The largest absolute Gasteiger partial charge is 0.299 e. The molecule has 0 spiro atoms. The van der Waals surface area contributed by atoms with Crippen molar-refractivity contribution >= 4 is 5.78 Å². The van der Waals surface area contributed by atoms with Crippen molar-refractivity contribution in [2.75, 3.05) is 13.1 Å². The number of benzene rings is 2. The highest BCUT2D eigenvalue weighted by atomic mass is 15.3. The van der Waals surface area contributed by atoms with Crippen molar-refractivity contribution in [1.82, 2.24) is 44.6 Å². The van der Waals surface area contributed by atoms with Gasteiger partial charge in [0.05, 0.1) is 5.69 Å². The van der Waals surface area contributed by atoms with Gasteiger partial charge in [0, 0.05) is 36.0 Å². The average Bonchev–Trinajstić information content (AvgIpc) is 3.68. The molecule has 0 atom stereocenters. The second kappa shape index (κ2) is 10.2. The van der Waals surface area contributed by atoms with Crippen molar-refractivity contribution in [3.8, 4) is 33.9 Å². The molecule has 0 saturated carbocycles. The van der Waals surface area contributed by atoms with E-state index < -0.39 is 0 Å². The van der Waals surface area contributed by atoms with E-state index >= 15 is 0 Å². The van der Waals surface area contributed by atoms with Gasteiger partial charge in [-0.3, -0.25) is 15.0 Å². The summed E-state index contributed by atoms with van der Waals surface area (Å²) in [5.74, 6) is 2.62. The molecule has 9 heteroatoms. The Morgan fingerprint density at radius 2 is 1.64 bits per heavy atom. The van der Waals surface area contributed by atoms with Gasteiger partial charge in [-0.15, -0.1) is 0 Å². The number of nitrogens with zero attached hydrogens (tertiary/aromatic N) is 8. The maximum atomic E-state index is 4.85. The van der Waals surface area contributed by atoms with Crippen LogP contribution in [0.25, 0.3) is 39.7 Å². The first-order valence-corrected chi connectivity index (χ1v) is 13.2. The molecule has 0 aliphatic carbocycles. The molecule has 6 aromatic rings. The lowest BCUT2D eigenvalue weighted by Crippen LogP contribution is -2.32. The SMILES string of the molecule is c1ccc(-c2cn3ncnc3nc2-c2ccc(CN3CCC(c4nc(-c5ccccn5)n[nH]4)CC3)cc2)cc1. The molecule has 1 aliphatic rings. The predicted molar refractivity (Wildman–Crippen MR) is 149 cm³/mol. The molecule has 192 valence electrons. The van der Waals surface area contributed by atoms with E-state index in [9.17, 15) is 0 Å². The van der Waals surface area contributed by atoms with Gasteiger partial charge in [-0.05, 0) is 49.2 Å². The molecule has 2 aromatic carbocycles. The zero-order chi connectivity index (χ0) is 26.0. The number of hydrogen-bond acceptors (Lipinski definition) is 7. The average molecular weight is 514 g/mol. The van der Waals surface area contributed by atoms with Gasteiger partial charge in [0.2, 0.25) is 0 Å². The molecule has 1 aliphatic heterocycles. The van der Waals surface area contributed by atoms with E-state index in [1.165, 1.54) is 11.9 Å². The molecule has 5 heterocycles. The Morgan fingerprint density at radius 3 is 2.44 bits per heavy atom. The normalized spacial score (nSPS) is 14.7. The smallest absolute Gasteiger partial charge is 0.252 e. The predicted octanol–water partition coefficient (Wildman–Crippen LogP) is 5.02. The molecular formula is C30H27N9. The maximum absolute atomic E-state index is 4.85. The molecule has 0 bridgehead atoms. The molecule has 4 aromatic heterocycles. The van der Waals surface area contributed by atoms with Crippen LogP contribution in [0.1, 0.15) is 30.1 Å². The monoisotopic (exact) mass is 513 g/mol. The lowest BCUT2D eigenvalue weighted by atomic mass is 9.95. The van der Waals surface area contributed by atoms with Gasteiger partial charge in [0.25, 0.3) is 5.78 Å². The summed E-state index contributed by atoms with van der Waals surface area (Å²) in [4.78, 5) is 20.7. The zero-order valence-electron chi connectivity index (χ0n) is 21.4. The Balaban J connectivity index is 1.04. The summed E-state index contributed by atoms with van der Waals surface area (Å²) in [5, 5.41) is 11.8. The van der Waals surface area contributed by atoms with E-state index in [-0.39, 0.29) is 0 Å². The van der Waals surface area contributed by atoms with Crippen molar-refractivity contribution < 1.29 is 0 Å². The molecule has 1 saturated heterocycles. The summed E-state index contributed by atoms with van der Waals surface area (Å²) >= 11 is 0. The van der Waals surface area contributed by atoms with E-state index in [4.69, 9.17) is 9.97 Å². The molecular weight excluding hydrogens is 486 g/mol. The second-order valence-electron chi connectivity index (χ2n) is 9.88. The fraction of sp³-hybridized carbons (Fsp3) is 0.200. The van der Waals surface area contributed by atoms with Crippen LogP contribution in [0.3, 0.4) is 0 Å². The van der Waals surface area contributed by atoms with Crippen molar-refractivity contribution in [3.05, 3.63) is 103 Å². The third kappa shape index (κ3) is 4.80. The highest BCUT2D eigenvalue weighted by molar-refractivity contribution is 5.81. The summed E-state index contributed by atoms with van der Waals surface area (Å²) in [7, 11) is 0. The summed E-state index contributed by atoms with van der Waals surface area (Å²) in [6.07, 6.45) is 7.42. The van der Waals surface area contributed by atoms with Gasteiger partial charge >= 0.3 is 0 Å². The molecule has 1 N–H and O–H groups in total. The fourth-order valence-corrected chi connectivity index (χ4v) is 5.26. The summed E-state index contributed by atoms with van der Waals surface area (Å²) in [6, 6.07) is 24.8. The molecule has 39 heavy (non-hydrogen) atoms. The van der Waals surface area contributed by atoms with E-state index in [1.54, 1.807) is 10.7 Å². The number of hydrogen-bond donors (Lipinski definition) is 1. The van der Waals surface area contributed by atoms with Crippen LogP contribution in [0.4, 0.5) is 0 Å². The molecule has 7 rings (SSSR count). The number of likely N-dealkylation sites (tertiary alicyclic amines) is 1. The third-order valence-corrected chi connectivity index (χ3v) is 7.36. The highest BCUT2D eigenvalue weighted by Gasteiger charge is 2.24. The van der Waals surface area contributed by atoms with Crippen LogP contribution in [-0.4, -0.2) is 57.7 Å². The van der Waals surface area contributed by atoms with Crippen LogP contribution in [0.5, 0.6) is 0 Å². The fourth-order valence-electron chi connectivity index (χ4n) is 5.26. The van der Waals surface area contributed by atoms with Gasteiger partial charge in [-0.1, -0.05) is 60.7 Å². The van der Waals surface area contributed by atoms with Gasteiger partial charge in [-0.2, -0.15) is 15.2 Å². The van der Waals surface area contributed by atoms with Crippen LogP contribution in [0.15, 0.2) is 91.5 Å². The number of rotatable bonds is 6. The van der Waals surface area contributed by atoms with Crippen LogP contribution in [0.2, 0.25) is 0 Å². The van der Waals surface area contributed by atoms with Crippen molar-refractivity contribution in [3.63, 3.8) is 0 Å². The Morgan fingerprint density at radius 1 is 0.821 bits per heavy atom. The number of nitrogens with one attached hydrogen (secondary N) is 1. The number of aromatic amines is 1. The molecule has 0 unspecified atom stereocenters. The number of aromatic nitrogens is 8. The molecule has 1 fully saturated rings. The first-order chi connectivity index (χ1) is 19.3. The van der Waals surface area contributed by atoms with E-state index in [2.05, 4.69) is 66.6 Å². The second-order valence-corrected chi connectivity index (χ2v) is 9.88. The van der Waals surface area contributed by atoms with Crippen molar-refractivity contribution in [2.24, 2.45) is 0 Å². The first-order valence-electron chi connectivity index (χ1n) is 13.2. The van der Waals surface area contributed by atoms with Crippen LogP contribution < -0.4 is 0 Å². The van der Waals surface area contributed by atoms with E-state index in [0.717, 1.165) is 66.4 Å². The minimum Gasteiger partial charge on any atom is -0.299 e. The van der Waals surface area contributed by atoms with Crippen LogP contribution in [0, 0.1) is 0 Å². The minimum absolute atomic E-state index is 0.392. The molecule has 9 nitrogen and oxygen atoms in total. The minimum atomic E-state index is 0.392. The Kier molecular flexibility index (Phi) is 6.10. The van der Waals surface area contributed by atoms with Crippen molar-refractivity contribution in [1.29, 1.82) is 0 Å². The summed E-state index contributed by atoms with van der Waals surface area (Å²) in [6.45, 7) is 2.97. The van der Waals surface area contributed by atoms with Gasteiger partial charge in [0.15, 0.2) is 5.82 Å². The summed E-state index contributed by atoms with van der Waals surface area (Å²) in [5.41, 5.74) is 6.19. The maximum Gasteiger partial charge on any atom is 0.252 e. The lowest BCUT2D eigenvalue weighted by molar-refractivity contribution is 0.202. The van der Waals surface area contributed by atoms with Crippen LogP contribution >= 0.6 is 0 Å². The zero-order valence-corrected chi connectivity index (χ0v) is 21.4. The first kappa shape index (κ1) is 23.4. The number of H-pyrrole nitrogens is 1. The van der Waals surface area contributed by atoms with Gasteiger partial charge < -0.3 is 0 Å². The number of pyridine rings is 1. The van der Waals surface area contributed by atoms with Gasteiger partial charge in [-0.25, -0.2) is 14.5 Å². The van der Waals surface area contributed by atoms with Crippen molar-refractivity contribution in [2.45, 2.75) is 25.3 Å². The van der Waals surface area contributed by atoms with E-state index in [0.29, 0.717) is 17.5 Å². The molecule has 0 radical (unpaired) electrons. The molecule has 0 amide bonds. The summed E-state index contributed by atoms with van der Waals surface area (Å²) < 4.78 is 1.72. The van der Waals surface area contributed by atoms with Gasteiger partial charge in [0.1, 0.15) is 17.8 Å². The third-order valence-electron chi connectivity index (χ3n) is 7.36. The standard InChI is InChI=1S/C30H27N9/c1-2-6-22(7-3-1)25-19-39-30(32-20-33-39)34-27(25)23-11-9-21(10-12-23)18-38-16-13-24(14-17-38)28-35-29(37-36-28)26-8-4-5-15-31-26/h1-12,15,19-20,24H,13-14,16-18H2,(H,35,36,37). The lowest BCUT2D eigenvalue weighted by Gasteiger charge is -2.31.